The first-order valence-electron chi connectivity index (χ1n) is 5.95. The number of carbonyl (C=O) groups is 1. The van der Waals surface area contributed by atoms with Crippen molar-refractivity contribution in [3.05, 3.63) is 0 Å². The van der Waals surface area contributed by atoms with E-state index in [1.165, 1.54) is 13.5 Å². The zero-order valence-corrected chi connectivity index (χ0v) is 10.2. The number of hydrogen-bond acceptors (Lipinski definition) is 3. The Balaban J connectivity index is 2.67. The van der Waals surface area contributed by atoms with Crippen LogP contribution >= 0.6 is 0 Å². The standard InChI is InChI=1S/C13H21NO2/c1-4-10-14-13(12(15)16-3)8-6-11(5-2)7-9-13/h1,11,14H,5-10H2,2-3H3. The van der Waals surface area contributed by atoms with E-state index in [1.54, 1.807) is 0 Å². The molecule has 16 heavy (non-hydrogen) atoms. The van der Waals surface area contributed by atoms with Gasteiger partial charge in [-0.3, -0.25) is 10.1 Å². The smallest absolute Gasteiger partial charge is 0.326 e. The van der Waals surface area contributed by atoms with Crippen LogP contribution in [-0.4, -0.2) is 25.2 Å². The lowest BCUT2D eigenvalue weighted by molar-refractivity contribution is -0.150. The molecule has 0 heterocycles. The monoisotopic (exact) mass is 223 g/mol. The maximum Gasteiger partial charge on any atom is 0.326 e. The van der Waals surface area contributed by atoms with Gasteiger partial charge in [0.1, 0.15) is 5.54 Å². The number of carbonyl (C=O) groups excluding carboxylic acids is 1. The summed E-state index contributed by atoms with van der Waals surface area (Å²) >= 11 is 0. The third-order valence-electron chi connectivity index (χ3n) is 3.64. The largest absolute Gasteiger partial charge is 0.468 e. The molecule has 0 radical (unpaired) electrons. The van der Waals surface area contributed by atoms with Crippen LogP contribution in [0.2, 0.25) is 0 Å². The van der Waals surface area contributed by atoms with Gasteiger partial charge in [0, 0.05) is 0 Å². The molecular formula is C13H21NO2. The second-order valence-corrected chi connectivity index (χ2v) is 4.48. The SMILES string of the molecule is C#CCNC1(C(=O)OC)CCC(CC)CC1. The van der Waals surface area contributed by atoms with Gasteiger partial charge in [-0.2, -0.15) is 0 Å². The van der Waals surface area contributed by atoms with E-state index in [0.29, 0.717) is 6.54 Å². The van der Waals surface area contributed by atoms with E-state index >= 15 is 0 Å². The number of nitrogens with one attached hydrogen (secondary N) is 1. The van der Waals surface area contributed by atoms with E-state index in [0.717, 1.165) is 31.6 Å². The molecular weight excluding hydrogens is 202 g/mol. The van der Waals surface area contributed by atoms with E-state index in [9.17, 15) is 4.79 Å². The fourth-order valence-corrected chi connectivity index (χ4v) is 2.45. The molecule has 0 saturated heterocycles. The summed E-state index contributed by atoms with van der Waals surface area (Å²) in [6.07, 6.45) is 10.2. The third-order valence-corrected chi connectivity index (χ3v) is 3.64. The molecule has 0 spiro atoms. The van der Waals surface area contributed by atoms with Crippen molar-refractivity contribution in [3.8, 4) is 12.3 Å². The molecule has 0 bridgehead atoms. The summed E-state index contributed by atoms with van der Waals surface area (Å²) in [6.45, 7) is 2.62. The zero-order valence-electron chi connectivity index (χ0n) is 10.2. The molecule has 90 valence electrons. The average molecular weight is 223 g/mol. The Kier molecular flexibility index (Phi) is 4.82. The molecule has 1 fully saturated rings. The van der Waals surface area contributed by atoms with Crippen LogP contribution in [0, 0.1) is 18.3 Å². The third kappa shape index (κ3) is 2.76. The fourth-order valence-electron chi connectivity index (χ4n) is 2.45. The van der Waals surface area contributed by atoms with Gasteiger partial charge in [-0.05, 0) is 31.6 Å². The van der Waals surface area contributed by atoms with Crippen LogP contribution in [0.1, 0.15) is 39.0 Å². The lowest BCUT2D eigenvalue weighted by Crippen LogP contribution is -2.54. The van der Waals surface area contributed by atoms with Gasteiger partial charge in [0.05, 0.1) is 13.7 Å². The van der Waals surface area contributed by atoms with Gasteiger partial charge in [-0.15, -0.1) is 6.42 Å². The first-order valence-corrected chi connectivity index (χ1v) is 5.95. The second kappa shape index (κ2) is 5.91. The molecule has 0 aromatic rings. The lowest BCUT2D eigenvalue weighted by Gasteiger charge is -2.37. The van der Waals surface area contributed by atoms with E-state index in [1.807, 2.05) is 0 Å². The summed E-state index contributed by atoms with van der Waals surface area (Å²) in [5.74, 6) is 3.10. The minimum atomic E-state index is -0.535. The first-order chi connectivity index (χ1) is 7.68. The lowest BCUT2D eigenvalue weighted by atomic mass is 9.75. The minimum absolute atomic E-state index is 0.169. The Labute approximate surface area is 97.9 Å². The molecule has 0 unspecified atom stereocenters. The number of methoxy groups -OCH3 is 1. The normalized spacial score (nSPS) is 29.4. The van der Waals surface area contributed by atoms with Gasteiger partial charge in [0.2, 0.25) is 0 Å². The van der Waals surface area contributed by atoms with Crippen LogP contribution in [0.15, 0.2) is 0 Å². The van der Waals surface area contributed by atoms with Gasteiger partial charge >= 0.3 is 5.97 Å². The van der Waals surface area contributed by atoms with Crippen molar-refractivity contribution in [1.29, 1.82) is 0 Å². The second-order valence-electron chi connectivity index (χ2n) is 4.48. The van der Waals surface area contributed by atoms with Gasteiger partial charge in [0.15, 0.2) is 0 Å². The molecule has 1 aliphatic rings. The van der Waals surface area contributed by atoms with Gasteiger partial charge < -0.3 is 4.74 Å². The van der Waals surface area contributed by atoms with E-state index in [-0.39, 0.29) is 5.97 Å². The van der Waals surface area contributed by atoms with Gasteiger partial charge in [-0.1, -0.05) is 19.3 Å². The van der Waals surface area contributed by atoms with Crippen molar-refractivity contribution in [2.45, 2.75) is 44.6 Å². The Morgan fingerprint density at radius 2 is 2.19 bits per heavy atom. The Morgan fingerprint density at radius 1 is 1.56 bits per heavy atom. The molecule has 0 aliphatic heterocycles. The predicted octanol–water partition coefficient (Wildman–Crippen LogP) is 1.72. The summed E-state index contributed by atoms with van der Waals surface area (Å²) in [4.78, 5) is 11.8. The first kappa shape index (κ1) is 13.1. The van der Waals surface area contributed by atoms with Crippen LogP contribution in [-0.2, 0) is 9.53 Å². The fraction of sp³-hybridized carbons (Fsp3) is 0.769. The van der Waals surface area contributed by atoms with Crippen molar-refractivity contribution >= 4 is 5.97 Å². The Bertz CT molecular complexity index is 272. The van der Waals surface area contributed by atoms with Crippen LogP contribution in [0.25, 0.3) is 0 Å². The van der Waals surface area contributed by atoms with Crippen LogP contribution in [0.4, 0.5) is 0 Å². The number of ether oxygens (including phenoxy) is 1. The van der Waals surface area contributed by atoms with Gasteiger partial charge in [-0.25, -0.2) is 0 Å². The predicted molar refractivity (Wildman–Crippen MR) is 63.8 cm³/mol. The molecule has 0 aromatic heterocycles. The molecule has 1 rings (SSSR count). The van der Waals surface area contributed by atoms with Crippen LogP contribution in [0.3, 0.4) is 0 Å². The van der Waals surface area contributed by atoms with Crippen molar-refractivity contribution in [1.82, 2.24) is 5.32 Å². The van der Waals surface area contributed by atoms with E-state index < -0.39 is 5.54 Å². The Morgan fingerprint density at radius 3 is 2.62 bits per heavy atom. The van der Waals surface area contributed by atoms with Crippen LogP contribution < -0.4 is 5.32 Å². The van der Waals surface area contributed by atoms with Crippen molar-refractivity contribution < 1.29 is 9.53 Å². The van der Waals surface area contributed by atoms with E-state index in [4.69, 9.17) is 11.2 Å². The molecule has 0 amide bonds. The Hall–Kier alpha value is -1.01. The molecule has 3 nitrogen and oxygen atoms in total. The van der Waals surface area contributed by atoms with Crippen molar-refractivity contribution in [3.63, 3.8) is 0 Å². The molecule has 1 aliphatic carbocycles. The summed E-state index contributed by atoms with van der Waals surface area (Å²) in [5.41, 5.74) is -0.535. The highest BCUT2D eigenvalue weighted by molar-refractivity contribution is 5.81. The topological polar surface area (TPSA) is 38.3 Å². The summed E-state index contributed by atoms with van der Waals surface area (Å²) in [7, 11) is 1.44. The molecule has 0 atom stereocenters. The highest BCUT2D eigenvalue weighted by Gasteiger charge is 2.41. The quantitative estimate of drug-likeness (QED) is 0.582. The van der Waals surface area contributed by atoms with Crippen LogP contribution in [0.5, 0.6) is 0 Å². The molecule has 0 aromatic carbocycles. The molecule has 1 saturated carbocycles. The number of terminal acetylenes is 1. The van der Waals surface area contributed by atoms with Crippen molar-refractivity contribution in [2.24, 2.45) is 5.92 Å². The van der Waals surface area contributed by atoms with Crippen molar-refractivity contribution in [2.75, 3.05) is 13.7 Å². The minimum Gasteiger partial charge on any atom is -0.468 e. The van der Waals surface area contributed by atoms with E-state index in [2.05, 4.69) is 18.2 Å². The maximum atomic E-state index is 11.8. The highest BCUT2D eigenvalue weighted by atomic mass is 16.5. The number of rotatable bonds is 4. The molecule has 3 heteroatoms. The average Bonchev–Trinajstić information content (AvgIpc) is 2.36. The maximum absolute atomic E-state index is 11.8. The number of esters is 1. The summed E-state index contributed by atoms with van der Waals surface area (Å²) in [5, 5.41) is 3.17. The number of hydrogen-bond donors (Lipinski definition) is 1. The molecule has 1 N–H and O–H groups in total. The van der Waals surface area contributed by atoms with Gasteiger partial charge in [0.25, 0.3) is 0 Å². The summed E-state index contributed by atoms with van der Waals surface area (Å²) < 4.78 is 4.89. The zero-order chi connectivity index (χ0) is 12.0. The highest BCUT2D eigenvalue weighted by Crippen LogP contribution is 2.34. The summed E-state index contributed by atoms with van der Waals surface area (Å²) in [6, 6.07) is 0.